The zero-order valence-corrected chi connectivity index (χ0v) is 10.3. The number of hydrogen-bond donors (Lipinski definition) is 1. The molecule has 3 rings (SSSR count). The minimum absolute atomic E-state index is 0.312. The van der Waals surface area contributed by atoms with E-state index in [4.69, 9.17) is 4.74 Å². The van der Waals surface area contributed by atoms with Crippen LogP contribution in [0.3, 0.4) is 0 Å². The van der Waals surface area contributed by atoms with Crippen molar-refractivity contribution in [2.45, 2.75) is 6.42 Å². The molecule has 0 aromatic heterocycles. The molecule has 1 heterocycles. The van der Waals surface area contributed by atoms with Crippen LogP contribution in [-0.4, -0.2) is 5.97 Å². The van der Waals surface area contributed by atoms with Gasteiger partial charge in [0.1, 0.15) is 5.75 Å². The van der Waals surface area contributed by atoms with Gasteiger partial charge >= 0.3 is 5.97 Å². The van der Waals surface area contributed by atoms with Gasteiger partial charge in [-0.1, -0.05) is 36.4 Å². The van der Waals surface area contributed by atoms with Gasteiger partial charge in [-0.2, -0.15) is 0 Å². The summed E-state index contributed by atoms with van der Waals surface area (Å²) in [4.78, 5) is 12.0. The molecule has 0 atom stereocenters. The number of ether oxygens (including phenoxy) is 1. The molecule has 2 aromatic rings. The van der Waals surface area contributed by atoms with Crippen molar-refractivity contribution in [1.29, 1.82) is 0 Å². The topological polar surface area (TPSA) is 38.3 Å². The van der Waals surface area contributed by atoms with E-state index in [1.54, 1.807) is 18.3 Å². The Balaban J connectivity index is 1.74. The molecule has 94 valence electrons. The predicted molar refractivity (Wildman–Crippen MR) is 73.9 cm³/mol. The third-order valence-corrected chi connectivity index (χ3v) is 3.02. The lowest BCUT2D eigenvalue weighted by Gasteiger charge is -2.17. The molecule has 1 aliphatic rings. The van der Waals surface area contributed by atoms with Crippen molar-refractivity contribution in [2.75, 3.05) is 5.32 Å². The molecular formula is C16H13NO2. The normalized spacial score (nSPS) is 12.9. The number of anilines is 1. The number of hydrogen-bond acceptors (Lipinski definition) is 3. The molecule has 0 aliphatic carbocycles. The van der Waals surface area contributed by atoms with Crippen LogP contribution < -0.4 is 10.1 Å². The standard InChI is InChI=1S/C16H13NO2/c18-16(19-14-7-2-1-3-8-14)13-10-12-6-4-5-9-15(12)17-11-13/h1-9,11,17H,10H2. The first-order valence-electron chi connectivity index (χ1n) is 6.13. The Kier molecular flexibility index (Phi) is 3.02. The van der Waals surface area contributed by atoms with E-state index in [1.807, 2.05) is 42.5 Å². The molecule has 1 aliphatic heterocycles. The molecule has 1 N–H and O–H groups in total. The van der Waals surface area contributed by atoms with Crippen LogP contribution in [0, 0.1) is 0 Å². The molecule has 0 fully saturated rings. The predicted octanol–water partition coefficient (Wildman–Crippen LogP) is 3.14. The first-order chi connectivity index (χ1) is 9.33. The minimum Gasteiger partial charge on any atom is -0.423 e. The number of rotatable bonds is 2. The molecule has 0 bridgehead atoms. The molecule has 3 heteroatoms. The molecule has 0 unspecified atom stereocenters. The quantitative estimate of drug-likeness (QED) is 0.658. The lowest BCUT2D eigenvalue weighted by Crippen LogP contribution is -2.17. The SMILES string of the molecule is O=C(Oc1ccccc1)C1=CNc2ccccc2C1. The van der Waals surface area contributed by atoms with Gasteiger partial charge in [-0.3, -0.25) is 0 Å². The Bertz CT molecular complexity index is 632. The van der Waals surface area contributed by atoms with E-state index in [-0.39, 0.29) is 5.97 Å². The second-order valence-electron chi connectivity index (χ2n) is 4.35. The second-order valence-corrected chi connectivity index (χ2v) is 4.35. The van der Waals surface area contributed by atoms with Gasteiger partial charge < -0.3 is 10.1 Å². The van der Waals surface area contributed by atoms with Crippen LogP contribution in [0.4, 0.5) is 5.69 Å². The first kappa shape index (κ1) is 11.5. The molecule has 19 heavy (non-hydrogen) atoms. The zero-order chi connectivity index (χ0) is 13.1. The van der Waals surface area contributed by atoms with E-state index in [1.165, 1.54) is 0 Å². The highest BCUT2D eigenvalue weighted by Crippen LogP contribution is 2.24. The molecule has 0 amide bonds. The molecule has 0 spiro atoms. The van der Waals surface area contributed by atoms with E-state index in [0.717, 1.165) is 11.3 Å². The highest BCUT2D eigenvalue weighted by atomic mass is 16.5. The number of benzene rings is 2. The zero-order valence-electron chi connectivity index (χ0n) is 10.3. The van der Waals surface area contributed by atoms with Crippen molar-refractivity contribution in [3.63, 3.8) is 0 Å². The fourth-order valence-electron chi connectivity index (χ4n) is 2.03. The largest absolute Gasteiger partial charge is 0.423 e. The molecule has 0 saturated heterocycles. The van der Waals surface area contributed by atoms with Crippen LogP contribution >= 0.6 is 0 Å². The van der Waals surface area contributed by atoms with Crippen molar-refractivity contribution in [3.8, 4) is 5.75 Å². The summed E-state index contributed by atoms with van der Waals surface area (Å²) in [5, 5.41) is 3.12. The van der Waals surface area contributed by atoms with Crippen LogP contribution in [0.1, 0.15) is 5.56 Å². The van der Waals surface area contributed by atoms with Crippen LogP contribution in [0.2, 0.25) is 0 Å². The third kappa shape index (κ3) is 2.50. The summed E-state index contributed by atoms with van der Waals surface area (Å²) < 4.78 is 5.32. The lowest BCUT2D eigenvalue weighted by atomic mass is 10.0. The van der Waals surface area contributed by atoms with Gasteiger partial charge in [0.05, 0.1) is 5.57 Å². The van der Waals surface area contributed by atoms with E-state index in [9.17, 15) is 4.79 Å². The maximum Gasteiger partial charge on any atom is 0.341 e. The number of fused-ring (bicyclic) bond motifs is 1. The van der Waals surface area contributed by atoms with Gasteiger partial charge in [0.2, 0.25) is 0 Å². The molecule has 3 nitrogen and oxygen atoms in total. The second kappa shape index (κ2) is 4.98. The summed E-state index contributed by atoms with van der Waals surface area (Å²) in [6, 6.07) is 17.0. The fraction of sp³-hybridized carbons (Fsp3) is 0.0625. The number of nitrogens with one attached hydrogen (secondary N) is 1. The summed E-state index contributed by atoms with van der Waals surface area (Å²) in [7, 11) is 0. The van der Waals surface area contributed by atoms with Crippen LogP contribution in [0.25, 0.3) is 0 Å². The number of carbonyl (C=O) groups excluding carboxylic acids is 1. The Morgan fingerprint density at radius 2 is 1.74 bits per heavy atom. The summed E-state index contributed by atoms with van der Waals surface area (Å²) in [6.45, 7) is 0. The Labute approximate surface area is 111 Å². The van der Waals surface area contributed by atoms with Crippen molar-refractivity contribution < 1.29 is 9.53 Å². The number of esters is 1. The average molecular weight is 251 g/mol. The van der Waals surface area contributed by atoms with Crippen LogP contribution in [0.5, 0.6) is 5.75 Å². The lowest BCUT2D eigenvalue weighted by molar-refractivity contribution is -0.130. The van der Waals surface area contributed by atoms with Crippen molar-refractivity contribution >= 4 is 11.7 Å². The number of carbonyl (C=O) groups is 1. The summed E-state index contributed by atoms with van der Waals surface area (Å²) in [5.41, 5.74) is 2.77. The van der Waals surface area contributed by atoms with Crippen molar-refractivity contribution in [3.05, 3.63) is 71.9 Å². The van der Waals surface area contributed by atoms with Gasteiger partial charge in [-0.15, -0.1) is 0 Å². The maximum absolute atomic E-state index is 12.0. The van der Waals surface area contributed by atoms with Gasteiger partial charge in [0.15, 0.2) is 0 Å². The smallest absolute Gasteiger partial charge is 0.341 e. The fourth-order valence-corrected chi connectivity index (χ4v) is 2.03. The van der Waals surface area contributed by atoms with Crippen molar-refractivity contribution in [1.82, 2.24) is 0 Å². The van der Waals surface area contributed by atoms with Crippen molar-refractivity contribution in [2.24, 2.45) is 0 Å². The highest BCUT2D eigenvalue weighted by molar-refractivity contribution is 5.92. The third-order valence-electron chi connectivity index (χ3n) is 3.02. The Morgan fingerprint density at radius 3 is 2.58 bits per heavy atom. The summed E-state index contributed by atoms with van der Waals surface area (Å²) in [6.07, 6.45) is 2.31. The van der Waals surface area contributed by atoms with E-state index in [2.05, 4.69) is 5.32 Å². The minimum atomic E-state index is -0.312. The molecule has 0 saturated carbocycles. The first-order valence-corrected chi connectivity index (χ1v) is 6.13. The van der Waals surface area contributed by atoms with Crippen LogP contribution in [0.15, 0.2) is 66.4 Å². The molecule has 0 radical (unpaired) electrons. The van der Waals surface area contributed by atoms with Gasteiger partial charge in [0, 0.05) is 18.3 Å². The summed E-state index contributed by atoms with van der Waals surface area (Å²) >= 11 is 0. The molecule has 2 aromatic carbocycles. The van der Waals surface area contributed by atoms with E-state index < -0.39 is 0 Å². The highest BCUT2D eigenvalue weighted by Gasteiger charge is 2.17. The van der Waals surface area contributed by atoms with Gasteiger partial charge in [-0.05, 0) is 23.8 Å². The average Bonchev–Trinajstić information content (AvgIpc) is 2.48. The summed E-state index contributed by atoms with van der Waals surface area (Å²) in [5.74, 6) is 0.250. The molecular weight excluding hydrogens is 238 g/mol. The van der Waals surface area contributed by atoms with E-state index in [0.29, 0.717) is 17.7 Å². The Hall–Kier alpha value is -2.55. The Morgan fingerprint density at radius 1 is 1.00 bits per heavy atom. The van der Waals surface area contributed by atoms with E-state index >= 15 is 0 Å². The number of para-hydroxylation sites is 2. The maximum atomic E-state index is 12.0. The van der Waals surface area contributed by atoms with Crippen LogP contribution in [-0.2, 0) is 11.2 Å². The van der Waals surface area contributed by atoms with Gasteiger partial charge in [0.25, 0.3) is 0 Å². The monoisotopic (exact) mass is 251 g/mol. The van der Waals surface area contributed by atoms with Gasteiger partial charge in [-0.25, -0.2) is 4.79 Å².